The molecule has 1 heterocycles. The fourth-order valence-electron chi connectivity index (χ4n) is 4.41. The molecule has 1 saturated heterocycles. The van der Waals surface area contributed by atoms with Crippen molar-refractivity contribution < 1.29 is 4.74 Å². The van der Waals surface area contributed by atoms with Gasteiger partial charge in [0.2, 0.25) is 0 Å². The zero-order chi connectivity index (χ0) is 10.4. The van der Waals surface area contributed by atoms with Gasteiger partial charge < -0.3 is 4.74 Å². The maximum atomic E-state index is 6.37. The largest absolute Gasteiger partial charge is 0.374 e. The van der Waals surface area contributed by atoms with E-state index in [2.05, 4.69) is 0 Å². The Hall–Kier alpha value is 0.250. The maximum absolute atomic E-state index is 6.37. The smallest absolute Gasteiger partial charge is 0.0752 e. The van der Waals surface area contributed by atoms with E-state index < -0.39 is 0 Å². The first-order chi connectivity index (χ1) is 7.27. The fourth-order valence-corrected chi connectivity index (χ4v) is 4.75. The predicted molar refractivity (Wildman–Crippen MR) is 62.3 cm³/mol. The topological polar surface area (TPSA) is 9.23 Å². The van der Waals surface area contributed by atoms with Crippen LogP contribution in [0.15, 0.2) is 0 Å². The van der Waals surface area contributed by atoms with Crippen LogP contribution < -0.4 is 0 Å². The van der Waals surface area contributed by atoms with Crippen molar-refractivity contribution in [2.24, 2.45) is 5.41 Å². The summed E-state index contributed by atoms with van der Waals surface area (Å²) in [5, 5.41) is 0.370. The van der Waals surface area contributed by atoms with Gasteiger partial charge in [-0.15, -0.1) is 11.6 Å². The molecule has 0 bridgehead atoms. The van der Waals surface area contributed by atoms with Crippen molar-refractivity contribution >= 4 is 11.6 Å². The van der Waals surface area contributed by atoms with E-state index in [4.69, 9.17) is 16.3 Å². The second-order valence-corrected chi connectivity index (χ2v) is 6.39. The van der Waals surface area contributed by atoms with Crippen molar-refractivity contribution in [3.63, 3.8) is 0 Å². The van der Waals surface area contributed by atoms with Crippen LogP contribution >= 0.6 is 11.6 Å². The SMILES string of the molecule is ClC1CCOC2(CCCC23CCCC3)C1. The Kier molecular flexibility index (Phi) is 2.52. The molecule has 2 heteroatoms. The lowest BCUT2D eigenvalue weighted by atomic mass is 9.69. The number of rotatable bonds is 0. The minimum atomic E-state index is 0.189. The molecule has 2 atom stereocenters. The summed E-state index contributed by atoms with van der Waals surface area (Å²) in [6, 6.07) is 0. The van der Waals surface area contributed by atoms with Gasteiger partial charge in [0.15, 0.2) is 0 Å². The summed E-state index contributed by atoms with van der Waals surface area (Å²) in [6.45, 7) is 0.899. The molecular formula is C13H21ClO. The first-order valence-electron chi connectivity index (χ1n) is 6.55. The number of halogens is 1. The molecule has 1 nitrogen and oxygen atoms in total. The highest BCUT2D eigenvalue weighted by Gasteiger charge is 2.57. The summed E-state index contributed by atoms with van der Waals surface area (Å²) in [5.41, 5.74) is 0.717. The lowest BCUT2D eigenvalue weighted by Crippen LogP contribution is -2.49. The summed E-state index contributed by atoms with van der Waals surface area (Å²) < 4.78 is 6.25. The van der Waals surface area contributed by atoms with E-state index in [1.807, 2.05) is 0 Å². The van der Waals surface area contributed by atoms with E-state index in [-0.39, 0.29) is 5.60 Å². The first-order valence-corrected chi connectivity index (χ1v) is 6.98. The summed E-state index contributed by atoms with van der Waals surface area (Å²) in [6.07, 6.45) is 11.8. The molecule has 86 valence electrons. The quantitative estimate of drug-likeness (QED) is 0.572. The van der Waals surface area contributed by atoms with Gasteiger partial charge in [0.25, 0.3) is 0 Å². The van der Waals surface area contributed by atoms with E-state index in [0.717, 1.165) is 19.4 Å². The van der Waals surface area contributed by atoms with Gasteiger partial charge in [0.1, 0.15) is 0 Å². The van der Waals surface area contributed by atoms with Gasteiger partial charge in [-0.1, -0.05) is 12.8 Å². The Balaban J connectivity index is 1.88. The van der Waals surface area contributed by atoms with Crippen molar-refractivity contribution in [3.8, 4) is 0 Å². The number of hydrogen-bond acceptors (Lipinski definition) is 1. The van der Waals surface area contributed by atoms with Crippen molar-refractivity contribution in [2.75, 3.05) is 6.61 Å². The Bertz CT molecular complexity index is 241. The monoisotopic (exact) mass is 228 g/mol. The van der Waals surface area contributed by atoms with Gasteiger partial charge in [-0.3, -0.25) is 0 Å². The van der Waals surface area contributed by atoms with Gasteiger partial charge in [-0.05, 0) is 50.4 Å². The summed E-state index contributed by atoms with van der Waals surface area (Å²) in [7, 11) is 0. The zero-order valence-corrected chi connectivity index (χ0v) is 10.2. The molecule has 2 spiro atoms. The molecule has 0 aromatic carbocycles. The van der Waals surface area contributed by atoms with E-state index in [1.165, 1.54) is 44.9 Å². The van der Waals surface area contributed by atoms with E-state index in [9.17, 15) is 0 Å². The van der Waals surface area contributed by atoms with Gasteiger partial charge in [0, 0.05) is 12.0 Å². The molecule has 0 amide bonds. The second-order valence-electron chi connectivity index (χ2n) is 5.77. The molecule has 0 aromatic rings. The normalized spacial score (nSPS) is 44.2. The minimum absolute atomic E-state index is 0.189. The molecule has 15 heavy (non-hydrogen) atoms. The highest BCUT2D eigenvalue weighted by Crippen LogP contribution is 2.61. The van der Waals surface area contributed by atoms with Crippen molar-refractivity contribution in [3.05, 3.63) is 0 Å². The number of hydrogen-bond donors (Lipinski definition) is 0. The number of ether oxygens (including phenoxy) is 1. The number of alkyl halides is 1. The highest BCUT2D eigenvalue weighted by atomic mass is 35.5. The van der Waals surface area contributed by atoms with Crippen LogP contribution in [0, 0.1) is 5.41 Å². The molecular weight excluding hydrogens is 208 g/mol. The predicted octanol–water partition coefficient (Wildman–Crippen LogP) is 3.89. The summed E-state index contributed by atoms with van der Waals surface area (Å²) >= 11 is 6.37. The van der Waals surface area contributed by atoms with Crippen LogP contribution in [0.25, 0.3) is 0 Å². The van der Waals surface area contributed by atoms with E-state index >= 15 is 0 Å². The zero-order valence-electron chi connectivity index (χ0n) is 9.43. The van der Waals surface area contributed by atoms with Crippen LogP contribution in [-0.2, 0) is 4.74 Å². The first kappa shape index (κ1) is 10.4. The van der Waals surface area contributed by atoms with E-state index in [0.29, 0.717) is 10.8 Å². The molecule has 2 aliphatic carbocycles. The highest BCUT2D eigenvalue weighted by molar-refractivity contribution is 6.20. The average Bonchev–Trinajstić information content (AvgIpc) is 2.79. The lowest BCUT2D eigenvalue weighted by Gasteiger charge is -2.47. The van der Waals surface area contributed by atoms with Gasteiger partial charge >= 0.3 is 0 Å². The van der Waals surface area contributed by atoms with Crippen LogP contribution in [-0.4, -0.2) is 17.6 Å². The standard InChI is InChI=1S/C13H21ClO/c14-11-4-9-15-13(10-11)8-3-7-12(13)5-1-2-6-12/h11H,1-10H2. The Morgan fingerprint density at radius 1 is 1.00 bits per heavy atom. The number of fused-ring (bicyclic) bond motifs is 1. The van der Waals surface area contributed by atoms with E-state index in [1.54, 1.807) is 0 Å². The Morgan fingerprint density at radius 2 is 1.73 bits per heavy atom. The summed E-state index contributed by atoms with van der Waals surface area (Å²) in [5.74, 6) is 0. The lowest BCUT2D eigenvalue weighted by molar-refractivity contribution is -0.141. The van der Waals surface area contributed by atoms with Crippen molar-refractivity contribution in [2.45, 2.75) is 68.8 Å². The average molecular weight is 229 g/mol. The molecule has 2 saturated carbocycles. The molecule has 0 aromatic heterocycles. The molecule has 3 rings (SSSR count). The molecule has 2 unspecified atom stereocenters. The Labute approximate surface area is 97.5 Å². The van der Waals surface area contributed by atoms with Crippen LogP contribution in [0.2, 0.25) is 0 Å². The van der Waals surface area contributed by atoms with Gasteiger partial charge in [0.05, 0.1) is 5.60 Å². The van der Waals surface area contributed by atoms with Crippen molar-refractivity contribution in [1.29, 1.82) is 0 Å². The molecule has 0 radical (unpaired) electrons. The third kappa shape index (κ3) is 1.46. The molecule has 1 aliphatic heterocycles. The Morgan fingerprint density at radius 3 is 2.47 bits per heavy atom. The molecule has 0 N–H and O–H groups in total. The van der Waals surface area contributed by atoms with Gasteiger partial charge in [-0.25, -0.2) is 0 Å². The van der Waals surface area contributed by atoms with Crippen LogP contribution in [0.5, 0.6) is 0 Å². The van der Waals surface area contributed by atoms with Crippen LogP contribution in [0.3, 0.4) is 0 Å². The summed E-state index contributed by atoms with van der Waals surface area (Å²) in [4.78, 5) is 0. The van der Waals surface area contributed by atoms with Crippen LogP contribution in [0.4, 0.5) is 0 Å². The maximum Gasteiger partial charge on any atom is 0.0752 e. The fraction of sp³-hybridized carbons (Fsp3) is 1.00. The molecule has 3 fully saturated rings. The second kappa shape index (κ2) is 3.63. The third-order valence-electron chi connectivity index (χ3n) is 5.12. The minimum Gasteiger partial charge on any atom is -0.374 e. The third-order valence-corrected chi connectivity index (χ3v) is 5.50. The van der Waals surface area contributed by atoms with Crippen LogP contribution in [0.1, 0.15) is 57.8 Å². The van der Waals surface area contributed by atoms with Crippen molar-refractivity contribution in [1.82, 2.24) is 0 Å². The molecule has 3 aliphatic rings. The van der Waals surface area contributed by atoms with Gasteiger partial charge in [-0.2, -0.15) is 0 Å².